The van der Waals surface area contributed by atoms with Crippen molar-refractivity contribution in [1.82, 2.24) is 16.0 Å². The molecule has 0 heterocycles. The molecule has 10 heteroatoms. The van der Waals surface area contributed by atoms with Gasteiger partial charge >= 0.3 is 12.1 Å². The highest BCUT2D eigenvalue weighted by atomic mass is 16.6. The SMILES string of the molecule is C=CCCC(NC(=O)OCC1c2ccccc2-c2ccccc21)C(=O)OC(CNC(=O)C(CC=C)CC(=O)NC1(CO)CCCC1)c1ccccc1. The lowest BCUT2D eigenvalue weighted by Crippen LogP contribution is -2.50. The van der Waals surface area contributed by atoms with Crippen LogP contribution in [0.25, 0.3) is 11.1 Å². The monoisotopic (exact) mass is 707 g/mol. The van der Waals surface area contributed by atoms with Crippen molar-refractivity contribution in [1.29, 1.82) is 0 Å². The van der Waals surface area contributed by atoms with Gasteiger partial charge in [-0.1, -0.05) is 104 Å². The molecule has 0 spiro atoms. The van der Waals surface area contributed by atoms with E-state index in [-0.39, 0.29) is 50.8 Å². The number of rotatable bonds is 18. The van der Waals surface area contributed by atoms with Crippen LogP contribution < -0.4 is 16.0 Å². The molecule has 274 valence electrons. The van der Waals surface area contributed by atoms with E-state index in [2.05, 4.69) is 41.2 Å². The number of nitrogens with one attached hydrogen (secondary N) is 3. The van der Waals surface area contributed by atoms with Crippen LogP contribution in [-0.4, -0.2) is 60.3 Å². The molecule has 3 atom stereocenters. The summed E-state index contributed by atoms with van der Waals surface area (Å²) in [5.74, 6) is -2.24. The lowest BCUT2D eigenvalue weighted by molar-refractivity contribution is -0.152. The van der Waals surface area contributed by atoms with Gasteiger partial charge in [-0.3, -0.25) is 9.59 Å². The van der Waals surface area contributed by atoms with Gasteiger partial charge in [-0.25, -0.2) is 9.59 Å². The third-order valence-electron chi connectivity index (χ3n) is 9.99. The summed E-state index contributed by atoms with van der Waals surface area (Å²) in [4.78, 5) is 53.2. The Morgan fingerprint density at radius 2 is 1.52 bits per heavy atom. The van der Waals surface area contributed by atoms with Gasteiger partial charge < -0.3 is 30.5 Å². The molecule has 3 aromatic rings. The van der Waals surface area contributed by atoms with E-state index in [1.165, 1.54) is 0 Å². The summed E-state index contributed by atoms with van der Waals surface area (Å²) in [7, 11) is 0. The molecule has 52 heavy (non-hydrogen) atoms. The quantitative estimate of drug-likeness (QED) is 0.0903. The number of esters is 1. The van der Waals surface area contributed by atoms with Crippen LogP contribution in [0.3, 0.4) is 0 Å². The van der Waals surface area contributed by atoms with Gasteiger partial charge in [-0.05, 0) is 59.9 Å². The molecule has 0 saturated heterocycles. The maximum atomic E-state index is 13.7. The highest BCUT2D eigenvalue weighted by Crippen LogP contribution is 2.44. The van der Waals surface area contributed by atoms with Crippen LogP contribution in [0.4, 0.5) is 4.79 Å². The maximum Gasteiger partial charge on any atom is 0.407 e. The van der Waals surface area contributed by atoms with Gasteiger partial charge in [0.25, 0.3) is 0 Å². The smallest absolute Gasteiger partial charge is 0.407 e. The molecule has 5 rings (SSSR count). The zero-order chi connectivity index (χ0) is 36.9. The maximum absolute atomic E-state index is 13.7. The second-order valence-corrected chi connectivity index (χ2v) is 13.6. The Morgan fingerprint density at radius 3 is 2.13 bits per heavy atom. The summed E-state index contributed by atoms with van der Waals surface area (Å²) in [5, 5.41) is 18.4. The van der Waals surface area contributed by atoms with Crippen molar-refractivity contribution in [3.63, 3.8) is 0 Å². The van der Waals surface area contributed by atoms with Crippen LogP contribution in [0.1, 0.15) is 80.1 Å². The van der Waals surface area contributed by atoms with Crippen molar-refractivity contribution in [3.8, 4) is 11.1 Å². The number of carbonyl (C=O) groups excluding carboxylic acids is 4. The minimum atomic E-state index is -1.04. The molecule has 3 aromatic carbocycles. The van der Waals surface area contributed by atoms with Crippen LogP contribution in [0.15, 0.2) is 104 Å². The number of amides is 3. The standard InChI is InChI=1S/C42H49N3O7/c1-3-5-22-36(44-41(50)51-27-35-33-20-11-9-18-31(33)32-19-10-12-21-34(32)35)40(49)52-37(29-16-7-6-8-17-29)26-43-39(48)30(15-4-2)25-38(47)45-42(28-46)23-13-14-24-42/h3-4,6-12,16-21,30,35-37,46H,1-2,5,13-15,22-28H2,(H,43,48)(H,44,50)(H,45,47). The molecular weight excluding hydrogens is 658 g/mol. The van der Waals surface area contributed by atoms with Crippen LogP contribution in [0.2, 0.25) is 0 Å². The van der Waals surface area contributed by atoms with Gasteiger partial charge in [-0.15, -0.1) is 13.2 Å². The minimum Gasteiger partial charge on any atom is -0.454 e. The van der Waals surface area contributed by atoms with Gasteiger partial charge in [0, 0.05) is 12.3 Å². The van der Waals surface area contributed by atoms with Crippen molar-refractivity contribution in [2.75, 3.05) is 19.8 Å². The Morgan fingerprint density at radius 1 is 0.885 bits per heavy atom. The fourth-order valence-corrected chi connectivity index (χ4v) is 7.20. The number of allylic oxidation sites excluding steroid dienone is 2. The molecule has 2 aliphatic carbocycles. The topological polar surface area (TPSA) is 143 Å². The van der Waals surface area contributed by atoms with E-state index in [0.717, 1.165) is 35.1 Å². The van der Waals surface area contributed by atoms with Gasteiger partial charge in [0.15, 0.2) is 0 Å². The molecule has 1 saturated carbocycles. The number of hydrogen-bond acceptors (Lipinski definition) is 7. The normalized spacial score (nSPS) is 15.9. The molecule has 10 nitrogen and oxygen atoms in total. The van der Waals surface area contributed by atoms with Crippen molar-refractivity contribution in [2.24, 2.45) is 5.92 Å². The van der Waals surface area contributed by atoms with Crippen LogP contribution in [0.5, 0.6) is 0 Å². The fourth-order valence-electron chi connectivity index (χ4n) is 7.20. The largest absolute Gasteiger partial charge is 0.454 e. The van der Waals surface area contributed by atoms with E-state index in [0.29, 0.717) is 24.8 Å². The number of hydrogen-bond donors (Lipinski definition) is 4. The van der Waals surface area contributed by atoms with E-state index in [9.17, 15) is 24.3 Å². The van der Waals surface area contributed by atoms with Crippen molar-refractivity contribution in [3.05, 3.63) is 121 Å². The first-order chi connectivity index (χ1) is 25.3. The second kappa shape index (κ2) is 18.3. The molecule has 0 radical (unpaired) electrons. The number of fused-ring (bicyclic) bond motifs is 3. The molecule has 0 aromatic heterocycles. The highest BCUT2D eigenvalue weighted by Gasteiger charge is 2.36. The van der Waals surface area contributed by atoms with E-state index in [1.54, 1.807) is 36.4 Å². The van der Waals surface area contributed by atoms with E-state index >= 15 is 0 Å². The third kappa shape index (κ3) is 9.55. The molecule has 1 fully saturated rings. The van der Waals surface area contributed by atoms with Crippen LogP contribution in [0, 0.1) is 5.92 Å². The lowest BCUT2D eigenvalue weighted by atomic mass is 9.95. The van der Waals surface area contributed by atoms with E-state index < -0.39 is 41.6 Å². The average Bonchev–Trinajstić information content (AvgIpc) is 3.76. The fraction of sp³-hybridized carbons (Fsp3) is 0.381. The van der Waals surface area contributed by atoms with Crippen molar-refractivity contribution in [2.45, 2.75) is 75.0 Å². The first kappa shape index (κ1) is 38.0. The third-order valence-corrected chi connectivity index (χ3v) is 9.99. The summed E-state index contributed by atoms with van der Waals surface area (Å²) in [6.07, 6.45) is 5.68. The summed E-state index contributed by atoms with van der Waals surface area (Å²) in [5.41, 5.74) is 4.36. The first-order valence-electron chi connectivity index (χ1n) is 18.1. The number of ether oxygens (including phenoxy) is 2. The summed E-state index contributed by atoms with van der Waals surface area (Å²) in [6.45, 7) is 7.39. The zero-order valence-electron chi connectivity index (χ0n) is 29.6. The number of aliphatic hydroxyl groups excluding tert-OH is 1. The summed E-state index contributed by atoms with van der Waals surface area (Å²) < 4.78 is 11.7. The van der Waals surface area contributed by atoms with Crippen LogP contribution in [-0.2, 0) is 23.9 Å². The lowest BCUT2D eigenvalue weighted by Gasteiger charge is -2.29. The van der Waals surface area contributed by atoms with E-state index in [4.69, 9.17) is 9.47 Å². The first-order valence-corrected chi connectivity index (χ1v) is 18.1. The van der Waals surface area contributed by atoms with Gasteiger partial charge in [0.1, 0.15) is 18.8 Å². The number of benzene rings is 3. The van der Waals surface area contributed by atoms with Gasteiger partial charge in [-0.2, -0.15) is 0 Å². The Hall–Kier alpha value is -5.22. The molecule has 3 unspecified atom stereocenters. The Bertz CT molecular complexity index is 1670. The van der Waals surface area contributed by atoms with Gasteiger partial charge in [0.2, 0.25) is 11.8 Å². The van der Waals surface area contributed by atoms with Crippen molar-refractivity contribution >= 4 is 23.9 Å². The minimum absolute atomic E-state index is 0.0659. The molecule has 0 aliphatic heterocycles. The Labute approximate surface area is 305 Å². The average molecular weight is 708 g/mol. The number of alkyl carbamates (subject to hydrolysis) is 1. The van der Waals surface area contributed by atoms with E-state index in [1.807, 2.05) is 42.5 Å². The molecule has 2 aliphatic rings. The number of carbonyl (C=O) groups is 4. The predicted molar refractivity (Wildman–Crippen MR) is 199 cm³/mol. The summed E-state index contributed by atoms with van der Waals surface area (Å²) >= 11 is 0. The van der Waals surface area contributed by atoms with Gasteiger partial charge in [0.05, 0.1) is 24.6 Å². The van der Waals surface area contributed by atoms with Crippen molar-refractivity contribution < 1.29 is 33.8 Å². The zero-order valence-corrected chi connectivity index (χ0v) is 29.6. The highest BCUT2D eigenvalue weighted by molar-refractivity contribution is 5.86. The molecule has 0 bridgehead atoms. The Balaban J connectivity index is 1.22. The second-order valence-electron chi connectivity index (χ2n) is 13.6. The molecular formula is C42H49N3O7. The predicted octanol–water partition coefficient (Wildman–Crippen LogP) is 6.26. The summed E-state index contributed by atoms with van der Waals surface area (Å²) in [6, 6.07) is 24.0. The molecule has 3 amide bonds. The van der Waals surface area contributed by atoms with Crippen LogP contribution >= 0.6 is 0 Å². The molecule has 4 N–H and O–H groups in total. The Kier molecular flexibility index (Phi) is 13.4. The number of aliphatic hydroxyl groups is 1.